The summed E-state index contributed by atoms with van der Waals surface area (Å²) in [5, 5.41) is 16.1. The number of allylic oxidation sites excluding steroid dienone is 4. The SMILES string of the molecule is C\C=C(/C=C\C=C\CC)C(NCCc1ccccc1)c1ccc(C#N)c(-c2cccc3ccccc23)c1. The molecule has 4 aromatic carbocycles. The van der Waals surface area contributed by atoms with Gasteiger partial charge in [-0.2, -0.15) is 5.26 Å². The maximum Gasteiger partial charge on any atom is 0.0998 e. The predicted octanol–water partition coefficient (Wildman–Crippen LogP) is 8.72. The highest BCUT2D eigenvalue weighted by molar-refractivity contribution is 5.97. The Balaban J connectivity index is 1.74. The molecule has 37 heavy (non-hydrogen) atoms. The summed E-state index contributed by atoms with van der Waals surface area (Å²) >= 11 is 0. The number of nitrogens with one attached hydrogen (secondary N) is 1. The lowest BCUT2D eigenvalue weighted by Gasteiger charge is -2.22. The van der Waals surface area contributed by atoms with Gasteiger partial charge in [-0.05, 0) is 64.9 Å². The second kappa shape index (κ2) is 13.2. The normalized spacial score (nSPS) is 12.8. The lowest BCUT2D eigenvalue weighted by Crippen LogP contribution is -2.25. The molecule has 0 saturated heterocycles. The second-order valence-electron chi connectivity index (χ2n) is 9.05. The van der Waals surface area contributed by atoms with Crippen LogP contribution in [0.5, 0.6) is 0 Å². The van der Waals surface area contributed by atoms with Crippen LogP contribution >= 0.6 is 0 Å². The van der Waals surface area contributed by atoms with Crippen molar-refractivity contribution in [2.24, 2.45) is 0 Å². The van der Waals surface area contributed by atoms with E-state index in [0.717, 1.165) is 41.5 Å². The van der Waals surface area contributed by atoms with Crippen molar-refractivity contribution in [1.82, 2.24) is 5.32 Å². The maximum absolute atomic E-state index is 9.98. The third-order valence-corrected chi connectivity index (χ3v) is 6.62. The van der Waals surface area contributed by atoms with Gasteiger partial charge in [-0.15, -0.1) is 0 Å². The minimum Gasteiger partial charge on any atom is -0.306 e. The Morgan fingerprint density at radius 2 is 1.68 bits per heavy atom. The van der Waals surface area contributed by atoms with Crippen LogP contribution in [0.2, 0.25) is 0 Å². The zero-order chi connectivity index (χ0) is 25.9. The molecule has 184 valence electrons. The van der Waals surface area contributed by atoms with E-state index < -0.39 is 0 Å². The zero-order valence-electron chi connectivity index (χ0n) is 21.7. The molecule has 0 fully saturated rings. The molecular formula is C35H34N2. The van der Waals surface area contributed by atoms with Crippen molar-refractivity contribution in [3.8, 4) is 17.2 Å². The number of benzene rings is 4. The van der Waals surface area contributed by atoms with Gasteiger partial charge in [0.2, 0.25) is 0 Å². The van der Waals surface area contributed by atoms with E-state index in [4.69, 9.17) is 0 Å². The van der Waals surface area contributed by atoms with Gasteiger partial charge < -0.3 is 5.32 Å². The van der Waals surface area contributed by atoms with Crippen LogP contribution in [-0.4, -0.2) is 6.54 Å². The molecule has 0 aliphatic carbocycles. The Morgan fingerprint density at radius 3 is 2.46 bits per heavy atom. The van der Waals surface area contributed by atoms with E-state index >= 15 is 0 Å². The Kier molecular flexibility index (Phi) is 9.24. The van der Waals surface area contributed by atoms with Gasteiger partial charge in [0.25, 0.3) is 0 Å². The number of hydrogen-bond acceptors (Lipinski definition) is 2. The molecule has 0 aliphatic rings. The molecule has 0 amide bonds. The van der Waals surface area contributed by atoms with Crippen molar-refractivity contribution < 1.29 is 0 Å². The first kappa shape index (κ1) is 25.9. The molecule has 0 radical (unpaired) electrons. The largest absolute Gasteiger partial charge is 0.306 e. The minimum atomic E-state index is 0.00135. The fourth-order valence-corrected chi connectivity index (χ4v) is 4.70. The molecule has 0 aliphatic heterocycles. The molecule has 0 spiro atoms. The quantitative estimate of drug-likeness (QED) is 0.229. The zero-order valence-corrected chi connectivity index (χ0v) is 21.7. The summed E-state index contributed by atoms with van der Waals surface area (Å²) < 4.78 is 0. The summed E-state index contributed by atoms with van der Waals surface area (Å²) in [6, 6.07) is 33.9. The third kappa shape index (κ3) is 6.53. The summed E-state index contributed by atoms with van der Waals surface area (Å²) in [6.07, 6.45) is 12.7. The molecule has 1 N–H and O–H groups in total. The summed E-state index contributed by atoms with van der Waals surface area (Å²) in [4.78, 5) is 0. The van der Waals surface area contributed by atoms with Crippen LogP contribution < -0.4 is 5.32 Å². The average molecular weight is 483 g/mol. The third-order valence-electron chi connectivity index (χ3n) is 6.62. The van der Waals surface area contributed by atoms with Crippen LogP contribution in [-0.2, 0) is 6.42 Å². The van der Waals surface area contributed by atoms with Gasteiger partial charge in [-0.1, -0.05) is 116 Å². The standard InChI is InChI=1S/C35H34N2/c1-3-5-6-10-16-28(4-2)35(37-24-23-27-14-8-7-9-15-27)30-21-22-31(26-36)34(25-30)33-20-13-18-29-17-11-12-19-32(29)33/h4-22,25,35,37H,3,23-24H2,1-2H3/b6-5+,16-10-,28-4+. The Bertz CT molecular complexity index is 1450. The molecule has 2 nitrogen and oxygen atoms in total. The highest BCUT2D eigenvalue weighted by atomic mass is 14.9. The van der Waals surface area contributed by atoms with Crippen LogP contribution in [0.15, 0.2) is 127 Å². The van der Waals surface area contributed by atoms with E-state index in [2.05, 4.69) is 141 Å². The van der Waals surface area contributed by atoms with Crippen LogP contribution in [0.1, 0.15) is 43.0 Å². The molecule has 0 aromatic heterocycles. The second-order valence-corrected chi connectivity index (χ2v) is 9.05. The monoisotopic (exact) mass is 482 g/mol. The van der Waals surface area contributed by atoms with Crippen molar-refractivity contribution >= 4 is 10.8 Å². The average Bonchev–Trinajstić information content (AvgIpc) is 2.96. The fraction of sp³-hybridized carbons (Fsp3) is 0.171. The summed E-state index contributed by atoms with van der Waals surface area (Å²) in [7, 11) is 0. The molecule has 1 atom stereocenters. The maximum atomic E-state index is 9.98. The Morgan fingerprint density at radius 1 is 0.892 bits per heavy atom. The lowest BCUT2D eigenvalue weighted by atomic mass is 9.90. The van der Waals surface area contributed by atoms with Crippen LogP contribution in [0.4, 0.5) is 0 Å². The molecule has 0 bridgehead atoms. The van der Waals surface area contributed by atoms with Gasteiger partial charge in [-0.25, -0.2) is 0 Å². The van der Waals surface area contributed by atoms with E-state index in [1.807, 2.05) is 6.07 Å². The van der Waals surface area contributed by atoms with Gasteiger partial charge in [-0.3, -0.25) is 0 Å². The van der Waals surface area contributed by atoms with E-state index in [0.29, 0.717) is 5.56 Å². The molecule has 1 unspecified atom stereocenters. The van der Waals surface area contributed by atoms with Crippen LogP contribution in [0, 0.1) is 11.3 Å². The van der Waals surface area contributed by atoms with Crippen molar-refractivity contribution in [3.63, 3.8) is 0 Å². The first-order valence-electron chi connectivity index (χ1n) is 13.0. The molecular weight excluding hydrogens is 448 g/mol. The first-order valence-corrected chi connectivity index (χ1v) is 13.0. The number of fused-ring (bicyclic) bond motifs is 1. The van der Waals surface area contributed by atoms with E-state index in [9.17, 15) is 5.26 Å². The number of hydrogen-bond donors (Lipinski definition) is 1. The van der Waals surface area contributed by atoms with Gasteiger partial charge in [0.05, 0.1) is 17.7 Å². The fourth-order valence-electron chi connectivity index (χ4n) is 4.70. The predicted molar refractivity (Wildman–Crippen MR) is 157 cm³/mol. The van der Waals surface area contributed by atoms with Crippen molar-refractivity contribution in [2.75, 3.05) is 6.54 Å². The van der Waals surface area contributed by atoms with Gasteiger partial charge in [0.1, 0.15) is 0 Å². The molecule has 2 heteroatoms. The number of rotatable bonds is 10. The van der Waals surface area contributed by atoms with E-state index in [1.54, 1.807) is 0 Å². The van der Waals surface area contributed by atoms with Crippen molar-refractivity contribution in [1.29, 1.82) is 5.26 Å². The Hall–Kier alpha value is -4.19. The van der Waals surface area contributed by atoms with Crippen LogP contribution in [0.3, 0.4) is 0 Å². The highest BCUT2D eigenvalue weighted by Crippen LogP contribution is 2.34. The van der Waals surface area contributed by atoms with Gasteiger partial charge in [0.15, 0.2) is 0 Å². The van der Waals surface area contributed by atoms with Gasteiger partial charge in [0, 0.05) is 12.1 Å². The lowest BCUT2D eigenvalue weighted by molar-refractivity contribution is 0.604. The molecule has 0 heterocycles. The molecule has 4 rings (SSSR count). The van der Waals surface area contributed by atoms with E-state index in [-0.39, 0.29) is 6.04 Å². The molecule has 4 aromatic rings. The first-order chi connectivity index (χ1) is 18.2. The van der Waals surface area contributed by atoms with Gasteiger partial charge >= 0.3 is 0 Å². The van der Waals surface area contributed by atoms with E-state index in [1.165, 1.54) is 16.5 Å². The highest BCUT2D eigenvalue weighted by Gasteiger charge is 2.17. The summed E-state index contributed by atoms with van der Waals surface area (Å²) in [6.45, 7) is 5.07. The summed E-state index contributed by atoms with van der Waals surface area (Å²) in [5.41, 5.74) is 6.40. The number of nitrogens with zero attached hydrogens (tertiary/aromatic N) is 1. The van der Waals surface area contributed by atoms with Crippen molar-refractivity contribution in [2.45, 2.75) is 32.7 Å². The topological polar surface area (TPSA) is 35.8 Å². The molecule has 0 saturated carbocycles. The van der Waals surface area contributed by atoms with Crippen molar-refractivity contribution in [3.05, 3.63) is 144 Å². The smallest absolute Gasteiger partial charge is 0.0998 e. The minimum absolute atomic E-state index is 0.00135. The van der Waals surface area contributed by atoms with Crippen LogP contribution in [0.25, 0.3) is 21.9 Å². The number of nitriles is 1. The summed E-state index contributed by atoms with van der Waals surface area (Å²) in [5.74, 6) is 0. The Labute approximate surface area is 221 Å².